The Kier molecular flexibility index (Phi) is 2.00. The van der Waals surface area contributed by atoms with Crippen LogP contribution in [0.2, 0.25) is 0 Å². The largest absolute Gasteiger partial charge is 0.348 e. The summed E-state index contributed by atoms with van der Waals surface area (Å²) in [5.41, 5.74) is 0.363. The number of aromatic nitrogens is 3. The molecule has 1 amide bonds. The second kappa shape index (κ2) is 3.16. The van der Waals surface area contributed by atoms with Crippen molar-refractivity contribution in [1.29, 1.82) is 0 Å². The highest BCUT2D eigenvalue weighted by Gasteiger charge is 2.36. The summed E-state index contributed by atoms with van der Waals surface area (Å²) < 4.78 is 0. The number of carbonyl (C=O) groups excluding carboxylic acids is 1. The SMILES string of the molecule is CCC1CC1NC(=O)c1cn[nH]n1. The molecule has 1 aliphatic rings. The van der Waals surface area contributed by atoms with Crippen molar-refractivity contribution >= 4 is 5.91 Å². The summed E-state index contributed by atoms with van der Waals surface area (Å²) in [4.78, 5) is 11.4. The molecular formula is C8H12N4O. The maximum atomic E-state index is 11.4. The van der Waals surface area contributed by atoms with Crippen molar-refractivity contribution in [3.05, 3.63) is 11.9 Å². The molecule has 0 aliphatic heterocycles. The minimum absolute atomic E-state index is 0.130. The molecule has 13 heavy (non-hydrogen) atoms. The van der Waals surface area contributed by atoms with Crippen LogP contribution < -0.4 is 5.32 Å². The Balaban J connectivity index is 1.87. The van der Waals surface area contributed by atoms with Gasteiger partial charge >= 0.3 is 0 Å². The number of hydrogen-bond acceptors (Lipinski definition) is 3. The molecule has 2 N–H and O–H groups in total. The molecule has 1 saturated carbocycles. The Labute approximate surface area is 75.9 Å². The third-order valence-electron chi connectivity index (χ3n) is 2.41. The Morgan fingerprint density at radius 2 is 2.69 bits per heavy atom. The molecule has 1 fully saturated rings. The van der Waals surface area contributed by atoms with Crippen LogP contribution in [0, 0.1) is 5.92 Å². The van der Waals surface area contributed by atoms with Gasteiger partial charge in [-0.15, -0.1) is 0 Å². The van der Waals surface area contributed by atoms with Crippen molar-refractivity contribution in [3.8, 4) is 0 Å². The van der Waals surface area contributed by atoms with E-state index >= 15 is 0 Å². The molecule has 1 aliphatic carbocycles. The fourth-order valence-electron chi connectivity index (χ4n) is 1.43. The average Bonchev–Trinajstić information content (AvgIpc) is 2.68. The minimum Gasteiger partial charge on any atom is -0.348 e. The molecule has 1 heterocycles. The van der Waals surface area contributed by atoms with E-state index in [1.165, 1.54) is 6.20 Å². The van der Waals surface area contributed by atoms with Crippen molar-refractivity contribution in [2.75, 3.05) is 0 Å². The number of aromatic amines is 1. The summed E-state index contributed by atoms with van der Waals surface area (Å²) in [6.07, 6.45) is 3.66. The van der Waals surface area contributed by atoms with Crippen molar-refractivity contribution < 1.29 is 4.79 Å². The van der Waals surface area contributed by atoms with Crippen LogP contribution in [-0.4, -0.2) is 27.4 Å². The molecule has 0 spiro atoms. The third kappa shape index (κ3) is 1.68. The summed E-state index contributed by atoms with van der Waals surface area (Å²) in [6.45, 7) is 2.13. The Morgan fingerprint density at radius 3 is 3.23 bits per heavy atom. The van der Waals surface area contributed by atoms with Gasteiger partial charge in [-0.2, -0.15) is 15.4 Å². The normalized spacial score (nSPS) is 25.6. The van der Waals surface area contributed by atoms with Crippen molar-refractivity contribution in [3.63, 3.8) is 0 Å². The summed E-state index contributed by atoms with van der Waals surface area (Å²) in [6, 6.07) is 0.356. The third-order valence-corrected chi connectivity index (χ3v) is 2.41. The van der Waals surface area contributed by atoms with Crippen LogP contribution in [0.1, 0.15) is 30.3 Å². The van der Waals surface area contributed by atoms with E-state index in [2.05, 4.69) is 27.7 Å². The quantitative estimate of drug-likeness (QED) is 0.704. The van der Waals surface area contributed by atoms with Crippen molar-refractivity contribution in [2.45, 2.75) is 25.8 Å². The number of rotatable bonds is 3. The number of carbonyl (C=O) groups is 1. The van der Waals surface area contributed by atoms with Gasteiger partial charge in [-0.05, 0) is 12.3 Å². The Bertz CT molecular complexity index is 295. The predicted molar refractivity (Wildman–Crippen MR) is 46.0 cm³/mol. The maximum absolute atomic E-state index is 11.4. The zero-order chi connectivity index (χ0) is 9.26. The number of nitrogens with zero attached hydrogens (tertiary/aromatic N) is 2. The molecule has 0 bridgehead atoms. The highest BCUT2D eigenvalue weighted by atomic mass is 16.2. The summed E-state index contributed by atoms with van der Waals surface area (Å²) in [7, 11) is 0. The second-order valence-electron chi connectivity index (χ2n) is 3.34. The topological polar surface area (TPSA) is 70.7 Å². The highest BCUT2D eigenvalue weighted by molar-refractivity contribution is 5.92. The number of nitrogens with one attached hydrogen (secondary N) is 2. The molecule has 5 heteroatoms. The predicted octanol–water partition coefficient (Wildman–Crippen LogP) is 0.333. The zero-order valence-electron chi connectivity index (χ0n) is 7.45. The first-order valence-electron chi connectivity index (χ1n) is 4.48. The summed E-state index contributed by atoms with van der Waals surface area (Å²) in [5, 5.41) is 12.6. The number of amides is 1. The molecule has 0 saturated heterocycles. The zero-order valence-corrected chi connectivity index (χ0v) is 7.45. The van der Waals surface area contributed by atoms with Gasteiger partial charge in [0.05, 0.1) is 6.20 Å². The molecule has 5 nitrogen and oxygen atoms in total. The van der Waals surface area contributed by atoms with Gasteiger partial charge in [0.1, 0.15) is 0 Å². The van der Waals surface area contributed by atoms with Gasteiger partial charge in [-0.3, -0.25) is 4.79 Å². The van der Waals surface area contributed by atoms with Crippen molar-refractivity contribution in [1.82, 2.24) is 20.7 Å². The minimum atomic E-state index is -0.130. The Morgan fingerprint density at radius 1 is 1.85 bits per heavy atom. The smallest absolute Gasteiger partial charge is 0.273 e. The molecule has 2 atom stereocenters. The molecule has 70 valence electrons. The summed E-state index contributed by atoms with van der Waals surface area (Å²) in [5.74, 6) is 0.533. The maximum Gasteiger partial charge on any atom is 0.273 e. The summed E-state index contributed by atoms with van der Waals surface area (Å²) >= 11 is 0. The second-order valence-corrected chi connectivity index (χ2v) is 3.34. The first-order chi connectivity index (χ1) is 6.31. The average molecular weight is 180 g/mol. The van der Waals surface area contributed by atoms with Crippen LogP contribution in [0.25, 0.3) is 0 Å². The van der Waals surface area contributed by atoms with E-state index in [1.54, 1.807) is 0 Å². The van der Waals surface area contributed by atoms with E-state index < -0.39 is 0 Å². The van der Waals surface area contributed by atoms with E-state index in [4.69, 9.17) is 0 Å². The molecular weight excluding hydrogens is 168 g/mol. The first kappa shape index (κ1) is 8.22. The van der Waals surface area contributed by atoms with Gasteiger partial charge in [-0.25, -0.2) is 0 Å². The molecule has 2 rings (SSSR count). The standard InChI is InChI=1S/C8H12N4O/c1-2-5-3-6(5)10-8(13)7-4-9-12-11-7/h4-6H,2-3H2,1H3,(H,10,13)(H,9,11,12). The highest BCUT2D eigenvalue weighted by Crippen LogP contribution is 2.33. The monoisotopic (exact) mass is 180 g/mol. The van der Waals surface area contributed by atoms with Gasteiger partial charge in [0.25, 0.3) is 5.91 Å². The fourth-order valence-corrected chi connectivity index (χ4v) is 1.43. The Hall–Kier alpha value is -1.39. The van der Waals surface area contributed by atoms with Crippen LogP contribution in [0.4, 0.5) is 0 Å². The van der Waals surface area contributed by atoms with Gasteiger partial charge in [0.15, 0.2) is 5.69 Å². The van der Waals surface area contributed by atoms with Gasteiger partial charge in [0.2, 0.25) is 0 Å². The molecule has 2 unspecified atom stereocenters. The van der Waals surface area contributed by atoms with E-state index in [-0.39, 0.29) is 5.91 Å². The fraction of sp³-hybridized carbons (Fsp3) is 0.625. The van der Waals surface area contributed by atoms with Crippen LogP contribution in [0.15, 0.2) is 6.20 Å². The lowest BCUT2D eigenvalue weighted by Crippen LogP contribution is -2.27. The van der Waals surface area contributed by atoms with E-state index in [9.17, 15) is 4.79 Å². The lowest BCUT2D eigenvalue weighted by Gasteiger charge is -1.99. The lowest BCUT2D eigenvalue weighted by molar-refractivity contribution is 0.0944. The van der Waals surface area contributed by atoms with Crippen LogP contribution >= 0.6 is 0 Å². The first-order valence-corrected chi connectivity index (χ1v) is 4.48. The van der Waals surface area contributed by atoms with Crippen LogP contribution in [0.5, 0.6) is 0 Å². The van der Waals surface area contributed by atoms with E-state index in [0.29, 0.717) is 17.7 Å². The molecule has 1 aromatic rings. The van der Waals surface area contributed by atoms with E-state index in [0.717, 1.165) is 12.8 Å². The molecule has 0 radical (unpaired) electrons. The van der Waals surface area contributed by atoms with Gasteiger partial charge < -0.3 is 5.32 Å². The van der Waals surface area contributed by atoms with Crippen LogP contribution in [-0.2, 0) is 0 Å². The molecule has 1 aromatic heterocycles. The van der Waals surface area contributed by atoms with E-state index in [1.807, 2.05) is 0 Å². The van der Waals surface area contributed by atoms with Crippen LogP contribution in [0.3, 0.4) is 0 Å². The van der Waals surface area contributed by atoms with Crippen molar-refractivity contribution in [2.24, 2.45) is 5.92 Å². The van der Waals surface area contributed by atoms with Gasteiger partial charge in [-0.1, -0.05) is 13.3 Å². The van der Waals surface area contributed by atoms with Gasteiger partial charge in [0, 0.05) is 6.04 Å². The molecule has 0 aromatic carbocycles. The number of H-pyrrole nitrogens is 1. The number of hydrogen-bond donors (Lipinski definition) is 2. The lowest BCUT2D eigenvalue weighted by atomic mass is 10.3.